The summed E-state index contributed by atoms with van der Waals surface area (Å²) in [6.45, 7) is 6.45. The van der Waals surface area contributed by atoms with Gasteiger partial charge in [-0.05, 0) is 37.6 Å². The van der Waals surface area contributed by atoms with Crippen molar-refractivity contribution in [1.29, 1.82) is 0 Å². The first kappa shape index (κ1) is 23.6. The lowest BCUT2D eigenvalue weighted by Crippen LogP contribution is -2.39. The number of pyridine rings is 1. The molecule has 1 amide bonds. The maximum atomic E-state index is 14.3. The smallest absolute Gasteiger partial charge is 0.278 e. The Kier molecular flexibility index (Phi) is 7.23. The van der Waals surface area contributed by atoms with Gasteiger partial charge in [-0.1, -0.05) is 23.5 Å². The molecule has 4 aromatic rings. The molecule has 174 valence electrons. The number of imidazole rings is 1. The topological polar surface area (TPSA) is 63.0 Å². The van der Waals surface area contributed by atoms with E-state index in [1.165, 1.54) is 17.4 Å². The van der Waals surface area contributed by atoms with Gasteiger partial charge in [0.15, 0.2) is 5.13 Å². The van der Waals surface area contributed by atoms with Gasteiger partial charge in [0.25, 0.3) is 5.91 Å². The van der Waals surface area contributed by atoms with Gasteiger partial charge in [0.1, 0.15) is 22.7 Å². The number of hydrogen-bond donors (Lipinski definition) is 0. The number of ether oxygens (including phenoxy) is 1. The van der Waals surface area contributed by atoms with E-state index in [4.69, 9.17) is 4.74 Å². The molecule has 0 radical (unpaired) electrons. The van der Waals surface area contributed by atoms with Gasteiger partial charge in [0, 0.05) is 32.4 Å². The highest BCUT2D eigenvalue weighted by molar-refractivity contribution is 7.22. The van der Waals surface area contributed by atoms with E-state index in [0.29, 0.717) is 28.6 Å². The van der Waals surface area contributed by atoms with Crippen molar-refractivity contribution in [3.05, 3.63) is 59.8 Å². The molecule has 0 atom stereocenters. The number of benzene rings is 1. The van der Waals surface area contributed by atoms with Crippen molar-refractivity contribution in [3.8, 4) is 0 Å². The van der Waals surface area contributed by atoms with E-state index in [0.717, 1.165) is 49.6 Å². The van der Waals surface area contributed by atoms with E-state index in [1.807, 2.05) is 37.4 Å². The maximum Gasteiger partial charge on any atom is 0.278 e. The molecule has 1 aromatic carbocycles. The lowest BCUT2D eigenvalue weighted by Gasteiger charge is -2.27. The van der Waals surface area contributed by atoms with Crippen LogP contribution in [0.1, 0.15) is 22.6 Å². The minimum absolute atomic E-state index is 0. The Labute approximate surface area is 201 Å². The Hall–Kier alpha value is -2.59. The van der Waals surface area contributed by atoms with Crippen LogP contribution >= 0.6 is 23.7 Å². The molecule has 0 N–H and O–H groups in total. The van der Waals surface area contributed by atoms with Gasteiger partial charge in [-0.15, -0.1) is 12.4 Å². The molecule has 4 heterocycles. The minimum Gasteiger partial charge on any atom is -0.379 e. The highest BCUT2D eigenvalue weighted by atomic mass is 35.5. The maximum absolute atomic E-state index is 14.3. The van der Waals surface area contributed by atoms with Crippen LogP contribution in [0.3, 0.4) is 0 Å². The van der Waals surface area contributed by atoms with Crippen molar-refractivity contribution in [2.24, 2.45) is 0 Å². The Morgan fingerprint density at radius 3 is 2.79 bits per heavy atom. The quantitative estimate of drug-likeness (QED) is 0.406. The highest BCUT2D eigenvalue weighted by Gasteiger charge is 2.26. The molecule has 3 aromatic heterocycles. The number of halogens is 2. The highest BCUT2D eigenvalue weighted by Crippen LogP contribution is 2.31. The van der Waals surface area contributed by atoms with Gasteiger partial charge in [-0.3, -0.25) is 19.0 Å². The zero-order chi connectivity index (χ0) is 22.1. The van der Waals surface area contributed by atoms with Crippen molar-refractivity contribution < 1.29 is 13.9 Å². The standard InChI is InChI=1S/C23H24FN5O2S.ClH/c1-16-21(28-10-3-2-8-19(28)25-16)22(30)29(11-5-9-27-12-14-31-15-13-27)23-26-20-17(24)6-4-7-18(20)32-23;/h2-4,6-8,10H,5,9,11-15H2,1H3;1H. The van der Waals surface area contributed by atoms with Gasteiger partial charge in [-0.2, -0.15) is 0 Å². The first-order valence-electron chi connectivity index (χ1n) is 10.7. The fraction of sp³-hybridized carbons (Fsp3) is 0.348. The minimum atomic E-state index is -0.378. The van der Waals surface area contributed by atoms with Gasteiger partial charge < -0.3 is 4.74 Å². The van der Waals surface area contributed by atoms with Gasteiger partial charge in [0.05, 0.1) is 23.6 Å². The first-order chi connectivity index (χ1) is 15.6. The fourth-order valence-electron chi connectivity index (χ4n) is 4.08. The molecule has 5 rings (SSSR count). The van der Waals surface area contributed by atoms with E-state index >= 15 is 0 Å². The second-order valence-electron chi connectivity index (χ2n) is 7.82. The number of para-hydroxylation sites is 1. The predicted octanol–water partition coefficient (Wildman–Crippen LogP) is 4.18. The number of carbonyl (C=O) groups is 1. The number of hydrogen-bond acceptors (Lipinski definition) is 6. The van der Waals surface area contributed by atoms with Crippen LogP contribution < -0.4 is 4.90 Å². The Balaban J connectivity index is 0.00000259. The molecule has 1 aliphatic rings. The summed E-state index contributed by atoms with van der Waals surface area (Å²) in [6, 6.07) is 10.5. The van der Waals surface area contributed by atoms with Crippen LogP contribution in [0.5, 0.6) is 0 Å². The summed E-state index contributed by atoms with van der Waals surface area (Å²) in [5.41, 5.74) is 2.18. The lowest BCUT2D eigenvalue weighted by molar-refractivity contribution is 0.0376. The molecule has 1 saturated heterocycles. The average molecular weight is 490 g/mol. The van der Waals surface area contributed by atoms with E-state index in [1.54, 1.807) is 15.4 Å². The normalized spacial score (nSPS) is 14.5. The van der Waals surface area contributed by atoms with Gasteiger partial charge >= 0.3 is 0 Å². The molecule has 0 unspecified atom stereocenters. The third-order valence-corrected chi connectivity index (χ3v) is 6.74. The number of nitrogens with zero attached hydrogens (tertiary/aromatic N) is 5. The van der Waals surface area contributed by atoms with Gasteiger partial charge in [-0.25, -0.2) is 14.4 Å². The molecule has 0 aliphatic carbocycles. The summed E-state index contributed by atoms with van der Waals surface area (Å²) in [4.78, 5) is 26.8. The van der Waals surface area contributed by atoms with E-state index < -0.39 is 0 Å². The predicted molar refractivity (Wildman–Crippen MR) is 130 cm³/mol. The van der Waals surface area contributed by atoms with E-state index in [9.17, 15) is 9.18 Å². The van der Waals surface area contributed by atoms with E-state index in [2.05, 4.69) is 14.9 Å². The van der Waals surface area contributed by atoms with E-state index in [-0.39, 0.29) is 24.1 Å². The number of aromatic nitrogens is 3. The second-order valence-corrected chi connectivity index (χ2v) is 8.83. The molecule has 0 bridgehead atoms. The number of morpholine rings is 1. The molecule has 10 heteroatoms. The zero-order valence-electron chi connectivity index (χ0n) is 18.2. The van der Waals surface area contributed by atoms with Crippen LogP contribution in [0.25, 0.3) is 15.9 Å². The number of thiazole rings is 1. The molecule has 1 fully saturated rings. The van der Waals surface area contributed by atoms with Crippen molar-refractivity contribution >= 4 is 50.6 Å². The molecule has 0 spiro atoms. The summed E-state index contributed by atoms with van der Waals surface area (Å²) in [7, 11) is 0. The van der Waals surface area contributed by atoms with Crippen LogP contribution in [0, 0.1) is 12.7 Å². The first-order valence-corrected chi connectivity index (χ1v) is 11.5. The second kappa shape index (κ2) is 10.1. The summed E-state index contributed by atoms with van der Waals surface area (Å²) in [6.07, 6.45) is 2.62. The monoisotopic (exact) mass is 489 g/mol. The lowest BCUT2D eigenvalue weighted by atomic mass is 10.2. The molecule has 7 nitrogen and oxygen atoms in total. The molecule has 33 heavy (non-hydrogen) atoms. The summed E-state index contributed by atoms with van der Waals surface area (Å²) < 4.78 is 22.3. The van der Waals surface area contributed by atoms with Gasteiger partial charge in [0.2, 0.25) is 0 Å². The van der Waals surface area contributed by atoms with Crippen molar-refractivity contribution in [3.63, 3.8) is 0 Å². The fourth-order valence-corrected chi connectivity index (χ4v) is 5.08. The van der Waals surface area contributed by atoms with Crippen molar-refractivity contribution in [2.75, 3.05) is 44.3 Å². The Morgan fingerprint density at radius 1 is 1.18 bits per heavy atom. The van der Waals surface area contributed by atoms with Crippen LogP contribution in [0.2, 0.25) is 0 Å². The third kappa shape index (κ3) is 4.72. The molecular weight excluding hydrogens is 465 g/mol. The number of carbonyl (C=O) groups excluding carboxylic acids is 1. The Morgan fingerprint density at radius 2 is 2.00 bits per heavy atom. The molecular formula is C23H25ClFN5O2S. The van der Waals surface area contributed by atoms with Crippen molar-refractivity contribution in [2.45, 2.75) is 13.3 Å². The number of amides is 1. The number of aryl methyl sites for hydroxylation is 1. The van der Waals surface area contributed by atoms with Crippen LogP contribution in [0.15, 0.2) is 42.6 Å². The number of fused-ring (bicyclic) bond motifs is 2. The summed E-state index contributed by atoms with van der Waals surface area (Å²) in [5, 5.41) is 0.502. The van der Waals surface area contributed by atoms with Crippen molar-refractivity contribution in [1.82, 2.24) is 19.3 Å². The zero-order valence-corrected chi connectivity index (χ0v) is 19.9. The van der Waals surface area contributed by atoms with Crippen LogP contribution in [-0.2, 0) is 4.74 Å². The largest absolute Gasteiger partial charge is 0.379 e. The van der Waals surface area contributed by atoms with Crippen LogP contribution in [0.4, 0.5) is 9.52 Å². The third-order valence-electron chi connectivity index (χ3n) is 5.70. The SMILES string of the molecule is Cc1nc2ccccn2c1C(=O)N(CCCN1CCOCC1)c1nc2c(F)cccc2s1.Cl. The summed E-state index contributed by atoms with van der Waals surface area (Å²) >= 11 is 1.33. The van der Waals surface area contributed by atoms with Crippen LogP contribution in [-0.4, -0.2) is 64.6 Å². The molecule has 1 aliphatic heterocycles. The Bertz CT molecular complexity index is 1270. The molecule has 0 saturated carbocycles. The number of anilines is 1. The number of rotatable bonds is 6. The average Bonchev–Trinajstić information content (AvgIpc) is 3.38. The summed E-state index contributed by atoms with van der Waals surface area (Å²) in [5.74, 6) is -0.556.